The van der Waals surface area contributed by atoms with Crippen LogP contribution in [0.3, 0.4) is 0 Å². The Morgan fingerprint density at radius 2 is 1.70 bits per heavy atom. The highest BCUT2D eigenvalue weighted by molar-refractivity contribution is 6.22. The molecule has 2 aromatic heterocycles. The molecule has 0 bridgehead atoms. The molecule has 6 rings (SSSR count). The van der Waals surface area contributed by atoms with Gasteiger partial charge in [0.2, 0.25) is 0 Å². The van der Waals surface area contributed by atoms with Gasteiger partial charge in [0.1, 0.15) is 0 Å². The van der Waals surface area contributed by atoms with Crippen LogP contribution < -0.4 is 0 Å². The summed E-state index contributed by atoms with van der Waals surface area (Å²) in [6.45, 7) is 0.614. The zero-order valence-corrected chi connectivity index (χ0v) is 18.3. The molecule has 8 nitrogen and oxygen atoms in total. The first-order chi connectivity index (χ1) is 16.1. The second-order valence-electron chi connectivity index (χ2n) is 9.18. The molecule has 3 amide bonds. The van der Waals surface area contributed by atoms with E-state index in [1.165, 1.54) is 4.90 Å². The zero-order chi connectivity index (χ0) is 22.5. The molecule has 2 aliphatic heterocycles. The summed E-state index contributed by atoms with van der Waals surface area (Å²) in [6.07, 6.45) is 8.53. The van der Waals surface area contributed by atoms with Crippen LogP contribution in [0.25, 0.3) is 5.65 Å². The average molecular weight is 444 g/mol. The molecule has 168 valence electrons. The average Bonchev–Trinajstić information content (AvgIpc) is 3.56. The van der Waals surface area contributed by atoms with Gasteiger partial charge in [-0.25, -0.2) is 0 Å². The van der Waals surface area contributed by atoms with Crippen LogP contribution in [-0.2, 0) is 0 Å². The van der Waals surface area contributed by atoms with E-state index in [0.29, 0.717) is 23.2 Å². The van der Waals surface area contributed by atoms with E-state index in [1.807, 2.05) is 33.7 Å². The normalized spacial score (nSPS) is 21.3. The molecule has 0 radical (unpaired) electrons. The van der Waals surface area contributed by atoms with E-state index < -0.39 is 0 Å². The summed E-state index contributed by atoms with van der Waals surface area (Å²) in [7, 11) is 0. The Kier molecular flexibility index (Phi) is 4.74. The van der Waals surface area contributed by atoms with E-state index in [2.05, 4.69) is 10.2 Å². The number of amides is 3. The molecule has 1 aliphatic carbocycles. The van der Waals surface area contributed by atoms with Crippen LogP contribution in [0.4, 0.5) is 0 Å². The number of aromatic nitrogens is 3. The number of benzene rings is 1. The van der Waals surface area contributed by atoms with Crippen molar-refractivity contribution < 1.29 is 14.4 Å². The Morgan fingerprint density at radius 1 is 0.879 bits per heavy atom. The van der Waals surface area contributed by atoms with Crippen molar-refractivity contribution in [1.82, 2.24) is 24.4 Å². The maximum atomic E-state index is 13.5. The van der Waals surface area contributed by atoms with E-state index in [-0.39, 0.29) is 29.8 Å². The molecule has 1 saturated heterocycles. The second kappa shape index (κ2) is 7.79. The predicted octanol–water partition coefficient (Wildman–Crippen LogP) is 3.64. The monoisotopic (exact) mass is 443 g/mol. The first kappa shape index (κ1) is 20.1. The number of fused-ring (bicyclic) bond motifs is 2. The van der Waals surface area contributed by atoms with E-state index in [0.717, 1.165) is 56.4 Å². The Balaban J connectivity index is 1.29. The van der Waals surface area contributed by atoms with E-state index in [4.69, 9.17) is 0 Å². The van der Waals surface area contributed by atoms with Gasteiger partial charge in [0.15, 0.2) is 11.5 Å². The maximum absolute atomic E-state index is 13.5. The number of hydrogen-bond acceptors (Lipinski definition) is 5. The molecule has 1 unspecified atom stereocenters. The third-order valence-electron chi connectivity index (χ3n) is 7.26. The number of carbonyl (C=O) groups is 3. The number of pyridine rings is 1. The minimum absolute atomic E-state index is 0.0329. The number of likely N-dealkylation sites (tertiary alicyclic amines) is 1. The Morgan fingerprint density at radius 3 is 2.55 bits per heavy atom. The second-order valence-corrected chi connectivity index (χ2v) is 9.18. The highest BCUT2D eigenvalue weighted by atomic mass is 16.2. The summed E-state index contributed by atoms with van der Waals surface area (Å²) in [5, 5.41) is 8.59. The van der Waals surface area contributed by atoms with Gasteiger partial charge in [-0.05, 0) is 56.0 Å². The van der Waals surface area contributed by atoms with Crippen molar-refractivity contribution in [2.45, 2.75) is 57.0 Å². The van der Waals surface area contributed by atoms with Crippen LogP contribution in [0.15, 0.2) is 42.6 Å². The van der Waals surface area contributed by atoms with Crippen LogP contribution in [-0.4, -0.2) is 54.7 Å². The summed E-state index contributed by atoms with van der Waals surface area (Å²) in [6, 6.07) is 10.4. The molecular formula is C25H25N5O3. The van der Waals surface area contributed by atoms with Gasteiger partial charge in [-0.2, -0.15) is 0 Å². The SMILES string of the molecule is O=C(c1ccc2c(c1)C(=O)N(C1CCCCC1)C2=O)N1CCCC1c1nnc2ccccn12. The van der Waals surface area contributed by atoms with E-state index >= 15 is 0 Å². The van der Waals surface area contributed by atoms with Crippen LogP contribution in [0.5, 0.6) is 0 Å². The Bertz CT molecular complexity index is 1280. The van der Waals surface area contributed by atoms with Gasteiger partial charge < -0.3 is 4.90 Å². The van der Waals surface area contributed by atoms with Gasteiger partial charge in [0.25, 0.3) is 17.7 Å². The van der Waals surface area contributed by atoms with Gasteiger partial charge in [-0.15, -0.1) is 10.2 Å². The molecule has 3 aliphatic rings. The van der Waals surface area contributed by atoms with Crippen LogP contribution >= 0.6 is 0 Å². The molecule has 1 aromatic carbocycles. The lowest BCUT2D eigenvalue weighted by molar-refractivity contribution is 0.0548. The number of hydrogen-bond donors (Lipinski definition) is 0. The third-order valence-corrected chi connectivity index (χ3v) is 7.26. The molecule has 4 heterocycles. The van der Waals surface area contributed by atoms with Crippen molar-refractivity contribution in [3.63, 3.8) is 0 Å². The third kappa shape index (κ3) is 3.15. The molecule has 33 heavy (non-hydrogen) atoms. The fourth-order valence-corrected chi connectivity index (χ4v) is 5.59. The fraction of sp³-hybridized carbons (Fsp3) is 0.400. The highest BCUT2D eigenvalue weighted by Gasteiger charge is 2.41. The van der Waals surface area contributed by atoms with Crippen molar-refractivity contribution in [3.05, 3.63) is 65.1 Å². The Hall–Kier alpha value is -3.55. The molecular weight excluding hydrogens is 418 g/mol. The van der Waals surface area contributed by atoms with Gasteiger partial charge in [0, 0.05) is 24.3 Å². The molecule has 1 atom stereocenters. The van der Waals surface area contributed by atoms with Crippen LogP contribution in [0.2, 0.25) is 0 Å². The topological polar surface area (TPSA) is 87.9 Å². The summed E-state index contributed by atoms with van der Waals surface area (Å²) >= 11 is 0. The van der Waals surface area contributed by atoms with Crippen molar-refractivity contribution in [2.24, 2.45) is 0 Å². The number of imide groups is 1. The highest BCUT2D eigenvalue weighted by Crippen LogP contribution is 2.35. The largest absolute Gasteiger partial charge is 0.328 e. The molecule has 1 saturated carbocycles. The van der Waals surface area contributed by atoms with Gasteiger partial charge >= 0.3 is 0 Å². The lowest BCUT2D eigenvalue weighted by Gasteiger charge is -2.29. The summed E-state index contributed by atoms with van der Waals surface area (Å²) in [5.41, 5.74) is 1.93. The Labute approximate surface area is 191 Å². The standard InChI is InChI=1S/C25H25N5O3/c31-23(28-14-6-9-20(28)22-27-26-21-10-4-5-13-29(21)22)16-11-12-18-19(15-16)25(33)30(24(18)32)17-7-2-1-3-8-17/h4-5,10-13,15,17,20H,1-3,6-9,14H2. The van der Waals surface area contributed by atoms with Crippen molar-refractivity contribution in [3.8, 4) is 0 Å². The number of rotatable bonds is 3. The maximum Gasteiger partial charge on any atom is 0.261 e. The van der Waals surface area contributed by atoms with Gasteiger partial charge in [-0.1, -0.05) is 25.3 Å². The van der Waals surface area contributed by atoms with E-state index in [1.54, 1.807) is 18.2 Å². The van der Waals surface area contributed by atoms with Crippen molar-refractivity contribution >= 4 is 23.4 Å². The summed E-state index contributed by atoms with van der Waals surface area (Å²) < 4.78 is 1.92. The first-order valence-electron chi connectivity index (χ1n) is 11.8. The van der Waals surface area contributed by atoms with E-state index in [9.17, 15) is 14.4 Å². The molecule has 8 heteroatoms. The first-order valence-corrected chi connectivity index (χ1v) is 11.8. The predicted molar refractivity (Wildman–Crippen MR) is 120 cm³/mol. The number of nitrogens with zero attached hydrogens (tertiary/aromatic N) is 5. The fourth-order valence-electron chi connectivity index (χ4n) is 5.59. The zero-order valence-electron chi connectivity index (χ0n) is 18.3. The minimum atomic E-state index is -0.266. The quantitative estimate of drug-likeness (QED) is 0.577. The molecule has 2 fully saturated rings. The van der Waals surface area contributed by atoms with Crippen molar-refractivity contribution in [2.75, 3.05) is 6.54 Å². The van der Waals surface area contributed by atoms with Crippen molar-refractivity contribution in [1.29, 1.82) is 0 Å². The molecule has 3 aromatic rings. The molecule has 0 N–H and O–H groups in total. The molecule has 0 spiro atoms. The number of carbonyl (C=O) groups excluding carboxylic acids is 3. The van der Waals surface area contributed by atoms with Gasteiger partial charge in [-0.3, -0.25) is 23.7 Å². The minimum Gasteiger partial charge on any atom is -0.328 e. The lowest BCUT2D eigenvalue weighted by atomic mass is 9.94. The van der Waals surface area contributed by atoms with Gasteiger partial charge in [0.05, 0.1) is 17.2 Å². The lowest BCUT2D eigenvalue weighted by Crippen LogP contribution is -2.40. The summed E-state index contributed by atoms with van der Waals surface area (Å²) in [5.74, 6) is 0.101. The smallest absolute Gasteiger partial charge is 0.261 e. The summed E-state index contributed by atoms with van der Waals surface area (Å²) in [4.78, 5) is 42.9. The van der Waals surface area contributed by atoms with Crippen LogP contribution in [0, 0.1) is 0 Å². The van der Waals surface area contributed by atoms with Crippen LogP contribution in [0.1, 0.15) is 87.9 Å².